The van der Waals surface area contributed by atoms with E-state index in [0.29, 0.717) is 29.3 Å². The zero-order valence-corrected chi connectivity index (χ0v) is 16.7. The highest BCUT2D eigenvalue weighted by atomic mass is 16.4. The van der Waals surface area contributed by atoms with Gasteiger partial charge in [0.15, 0.2) is 5.89 Å². The van der Waals surface area contributed by atoms with E-state index in [9.17, 15) is 9.90 Å². The van der Waals surface area contributed by atoms with Crippen LogP contribution in [-0.4, -0.2) is 38.5 Å². The molecule has 6 heteroatoms. The number of oxazole rings is 1. The topological polar surface area (TPSA) is 79.5 Å². The zero-order valence-electron chi connectivity index (χ0n) is 16.7. The summed E-state index contributed by atoms with van der Waals surface area (Å²) in [5, 5.41) is 10.2. The van der Waals surface area contributed by atoms with Crippen molar-refractivity contribution >= 4 is 5.91 Å². The monoisotopic (exact) mass is 371 g/mol. The molecule has 1 fully saturated rings. The van der Waals surface area contributed by atoms with Crippen LogP contribution in [0.5, 0.6) is 0 Å². The summed E-state index contributed by atoms with van der Waals surface area (Å²) in [6, 6.07) is 3.73. The second kappa shape index (κ2) is 7.80. The highest BCUT2D eigenvalue weighted by Crippen LogP contribution is 2.27. The summed E-state index contributed by atoms with van der Waals surface area (Å²) < 4.78 is 5.80. The molecular formula is C21H29N3O3. The van der Waals surface area contributed by atoms with E-state index in [0.717, 1.165) is 37.9 Å². The molecular weight excluding hydrogens is 342 g/mol. The first-order valence-electron chi connectivity index (χ1n) is 9.75. The van der Waals surface area contributed by atoms with Crippen molar-refractivity contribution in [3.63, 3.8) is 0 Å². The van der Waals surface area contributed by atoms with E-state index in [4.69, 9.17) is 4.42 Å². The quantitative estimate of drug-likeness (QED) is 0.871. The number of carbonyl (C=O) groups excluding carboxylic acids is 1. The van der Waals surface area contributed by atoms with Gasteiger partial charge in [-0.2, -0.15) is 0 Å². The van der Waals surface area contributed by atoms with Crippen molar-refractivity contribution in [2.24, 2.45) is 0 Å². The highest BCUT2D eigenvalue weighted by molar-refractivity contribution is 5.95. The fourth-order valence-corrected chi connectivity index (χ4v) is 3.86. The Hall–Kier alpha value is -2.21. The van der Waals surface area contributed by atoms with Crippen LogP contribution < -0.4 is 0 Å². The first-order valence-corrected chi connectivity index (χ1v) is 9.75. The molecule has 1 N–H and O–H groups in total. The molecule has 27 heavy (non-hydrogen) atoms. The van der Waals surface area contributed by atoms with Gasteiger partial charge < -0.3 is 14.4 Å². The van der Waals surface area contributed by atoms with Gasteiger partial charge in [-0.3, -0.25) is 9.78 Å². The van der Waals surface area contributed by atoms with Crippen molar-refractivity contribution in [1.82, 2.24) is 14.9 Å². The van der Waals surface area contributed by atoms with Gasteiger partial charge in [-0.1, -0.05) is 6.92 Å². The van der Waals surface area contributed by atoms with E-state index in [1.807, 2.05) is 30.9 Å². The summed E-state index contributed by atoms with van der Waals surface area (Å²) in [5.74, 6) is 1.25. The molecule has 0 aliphatic carbocycles. The molecule has 1 saturated heterocycles. The number of aromatic nitrogens is 2. The molecule has 2 aromatic rings. The first-order chi connectivity index (χ1) is 12.8. The van der Waals surface area contributed by atoms with Crippen LogP contribution in [0.1, 0.15) is 73.4 Å². The number of likely N-dealkylation sites (tertiary alicyclic amines) is 1. The van der Waals surface area contributed by atoms with Crippen molar-refractivity contribution < 1.29 is 14.3 Å². The third-order valence-corrected chi connectivity index (χ3v) is 5.17. The Bertz CT molecular complexity index is 807. The molecule has 0 radical (unpaired) electrons. The van der Waals surface area contributed by atoms with Gasteiger partial charge in [-0.05, 0) is 58.6 Å². The lowest BCUT2D eigenvalue weighted by molar-refractivity contribution is 0.0602. The maximum Gasteiger partial charge on any atom is 0.255 e. The number of piperidine rings is 1. The molecule has 0 spiro atoms. The normalized spacial score (nSPS) is 18.0. The molecule has 2 aromatic heterocycles. The zero-order chi connectivity index (χ0) is 19.6. The van der Waals surface area contributed by atoms with Crippen LogP contribution in [0, 0.1) is 6.92 Å². The Morgan fingerprint density at radius 3 is 2.85 bits per heavy atom. The SMILES string of the molecule is CCc1ncccc1C(=O)N1CCCC[C@@H]1Cc1nc(C(C)(C)O)c(C)o1. The van der Waals surface area contributed by atoms with E-state index < -0.39 is 5.60 Å². The van der Waals surface area contributed by atoms with E-state index in [1.165, 1.54) is 0 Å². The lowest BCUT2D eigenvalue weighted by atomic mass is 9.97. The maximum absolute atomic E-state index is 13.2. The average Bonchev–Trinajstić information content (AvgIpc) is 3.02. The fraction of sp³-hybridized carbons (Fsp3) is 0.571. The molecule has 1 atom stereocenters. The molecule has 0 saturated carbocycles. The number of aliphatic hydroxyl groups is 1. The fourth-order valence-electron chi connectivity index (χ4n) is 3.86. The lowest BCUT2D eigenvalue weighted by Crippen LogP contribution is -2.45. The number of hydrogen-bond donors (Lipinski definition) is 1. The number of aryl methyl sites for hydroxylation is 2. The van der Waals surface area contributed by atoms with Crippen LogP contribution in [0.15, 0.2) is 22.7 Å². The largest absolute Gasteiger partial charge is 0.446 e. The molecule has 1 amide bonds. The first kappa shape index (κ1) is 19.5. The Kier molecular flexibility index (Phi) is 5.65. The van der Waals surface area contributed by atoms with Crippen LogP contribution in [0.4, 0.5) is 0 Å². The average molecular weight is 371 g/mol. The molecule has 0 unspecified atom stereocenters. The minimum absolute atomic E-state index is 0.0376. The summed E-state index contributed by atoms with van der Waals surface area (Å²) in [4.78, 5) is 24.0. The lowest BCUT2D eigenvalue weighted by Gasteiger charge is -2.35. The Morgan fingerprint density at radius 1 is 1.41 bits per heavy atom. The van der Waals surface area contributed by atoms with Crippen molar-refractivity contribution in [2.75, 3.05) is 6.54 Å². The summed E-state index contributed by atoms with van der Waals surface area (Å²) in [6.07, 6.45) is 6.03. The molecule has 3 heterocycles. The molecule has 1 aliphatic rings. The summed E-state index contributed by atoms with van der Waals surface area (Å²) in [7, 11) is 0. The number of pyridine rings is 1. The van der Waals surface area contributed by atoms with E-state index in [2.05, 4.69) is 9.97 Å². The Morgan fingerprint density at radius 2 is 2.19 bits per heavy atom. The van der Waals surface area contributed by atoms with Crippen LogP contribution in [0.3, 0.4) is 0 Å². The second-order valence-corrected chi connectivity index (χ2v) is 7.77. The predicted octanol–water partition coefficient (Wildman–Crippen LogP) is 3.41. The van der Waals surface area contributed by atoms with Gasteiger partial charge >= 0.3 is 0 Å². The Balaban J connectivity index is 1.83. The summed E-state index contributed by atoms with van der Waals surface area (Å²) >= 11 is 0. The summed E-state index contributed by atoms with van der Waals surface area (Å²) in [5.41, 5.74) is 1.04. The molecule has 0 aromatic carbocycles. The van der Waals surface area contributed by atoms with Gasteiger partial charge in [-0.15, -0.1) is 0 Å². The van der Waals surface area contributed by atoms with Gasteiger partial charge in [0.05, 0.1) is 11.3 Å². The molecule has 1 aliphatic heterocycles. The highest BCUT2D eigenvalue weighted by Gasteiger charge is 2.31. The molecule has 0 bridgehead atoms. The van der Waals surface area contributed by atoms with Crippen LogP contribution in [0.2, 0.25) is 0 Å². The number of nitrogens with zero attached hydrogens (tertiary/aromatic N) is 3. The van der Waals surface area contributed by atoms with Gasteiger partial charge in [0.1, 0.15) is 17.1 Å². The van der Waals surface area contributed by atoms with E-state index in [-0.39, 0.29) is 11.9 Å². The number of carbonyl (C=O) groups is 1. The number of rotatable bonds is 5. The molecule has 3 rings (SSSR count). The van der Waals surface area contributed by atoms with Gasteiger partial charge in [0.25, 0.3) is 5.91 Å². The smallest absolute Gasteiger partial charge is 0.255 e. The molecule has 6 nitrogen and oxygen atoms in total. The van der Waals surface area contributed by atoms with Gasteiger partial charge in [-0.25, -0.2) is 4.98 Å². The van der Waals surface area contributed by atoms with Gasteiger partial charge in [0, 0.05) is 25.2 Å². The predicted molar refractivity (Wildman–Crippen MR) is 102 cm³/mol. The number of amides is 1. The minimum Gasteiger partial charge on any atom is -0.446 e. The van der Waals surface area contributed by atoms with Crippen molar-refractivity contribution in [3.8, 4) is 0 Å². The third-order valence-electron chi connectivity index (χ3n) is 5.17. The van der Waals surface area contributed by atoms with Crippen LogP contribution in [-0.2, 0) is 18.4 Å². The van der Waals surface area contributed by atoms with E-state index in [1.54, 1.807) is 20.0 Å². The number of hydrogen-bond acceptors (Lipinski definition) is 5. The standard InChI is InChI=1S/C21H29N3O3/c1-5-17-16(10-8-11-22-17)20(25)24-12-7-6-9-15(24)13-18-23-19(14(2)27-18)21(3,4)26/h8,10-11,15,26H,5-7,9,12-13H2,1-4H3/t15-/m1/s1. The minimum atomic E-state index is -1.04. The van der Waals surface area contributed by atoms with Crippen molar-refractivity contribution in [3.05, 3.63) is 46.9 Å². The molecule has 146 valence electrons. The van der Waals surface area contributed by atoms with Crippen LogP contribution in [0.25, 0.3) is 0 Å². The van der Waals surface area contributed by atoms with Gasteiger partial charge in [0.2, 0.25) is 0 Å². The second-order valence-electron chi connectivity index (χ2n) is 7.77. The third kappa shape index (κ3) is 4.21. The Labute approximate surface area is 160 Å². The van der Waals surface area contributed by atoms with Crippen molar-refractivity contribution in [1.29, 1.82) is 0 Å². The van der Waals surface area contributed by atoms with Crippen LogP contribution >= 0.6 is 0 Å². The van der Waals surface area contributed by atoms with E-state index >= 15 is 0 Å². The van der Waals surface area contributed by atoms with Crippen molar-refractivity contribution in [2.45, 2.75) is 71.4 Å². The maximum atomic E-state index is 13.2. The summed E-state index contributed by atoms with van der Waals surface area (Å²) in [6.45, 7) is 7.97.